The van der Waals surface area contributed by atoms with Crippen molar-refractivity contribution in [2.75, 3.05) is 0 Å². The molecule has 18 heavy (non-hydrogen) atoms. The lowest BCUT2D eigenvalue weighted by atomic mass is 9.77. The molecule has 1 aliphatic rings. The molecular weight excluding hydrogens is 246 g/mol. The summed E-state index contributed by atoms with van der Waals surface area (Å²) in [6.45, 7) is 4.33. The molecule has 96 valence electrons. The van der Waals surface area contributed by atoms with Crippen molar-refractivity contribution in [2.45, 2.75) is 44.6 Å². The molecule has 0 bridgehead atoms. The van der Waals surface area contributed by atoms with Gasteiger partial charge in [-0.15, -0.1) is 11.3 Å². The lowest BCUT2D eigenvalue weighted by molar-refractivity contribution is 0.229. The van der Waals surface area contributed by atoms with Crippen LogP contribution in [0, 0.1) is 0 Å². The Labute approximate surface area is 110 Å². The minimum atomic E-state index is -0.350. The van der Waals surface area contributed by atoms with Gasteiger partial charge in [0.25, 0.3) is 5.89 Å². The molecule has 0 atom stereocenters. The van der Waals surface area contributed by atoms with Gasteiger partial charge in [-0.2, -0.15) is 4.98 Å². The third kappa shape index (κ3) is 1.78. The van der Waals surface area contributed by atoms with E-state index in [4.69, 9.17) is 10.3 Å². The number of hydrogen-bond acceptors (Lipinski definition) is 5. The van der Waals surface area contributed by atoms with Crippen molar-refractivity contribution in [3.63, 3.8) is 0 Å². The van der Waals surface area contributed by atoms with Gasteiger partial charge in [0.2, 0.25) is 0 Å². The fourth-order valence-corrected chi connectivity index (χ4v) is 3.22. The molecule has 0 aromatic carbocycles. The van der Waals surface area contributed by atoms with Crippen molar-refractivity contribution in [1.82, 2.24) is 10.1 Å². The normalized spacial score (nSPS) is 18.0. The minimum Gasteiger partial charge on any atom is -0.333 e. The molecule has 1 aliphatic carbocycles. The van der Waals surface area contributed by atoms with Crippen LogP contribution in [0.2, 0.25) is 0 Å². The molecule has 2 N–H and O–H groups in total. The quantitative estimate of drug-likeness (QED) is 0.923. The monoisotopic (exact) mass is 263 g/mol. The lowest BCUT2D eigenvalue weighted by Crippen LogP contribution is -2.44. The predicted octanol–water partition coefficient (Wildman–Crippen LogP) is 3.26. The van der Waals surface area contributed by atoms with Gasteiger partial charge in [0.1, 0.15) is 0 Å². The Bertz CT molecular complexity index is 554. The van der Waals surface area contributed by atoms with Gasteiger partial charge >= 0.3 is 0 Å². The Morgan fingerprint density at radius 3 is 2.83 bits per heavy atom. The Morgan fingerprint density at radius 1 is 1.44 bits per heavy atom. The summed E-state index contributed by atoms with van der Waals surface area (Å²) in [6, 6.07) is 2.12. The van der Waals surface area contributed by atoms with Crippen molar-refractivity contribution in [3.05, 3.63) is 22.8 Å². The number of nitrogens with zero attached hydrogens (tertiary/aromatic N) is 2. The van der Waals surface area contributed by atoms with E-state index in [2.05, 4.69) is 35.4 Å². The molecule has 0 spiro atoms. The van der Waals surface area contributed by atoms with Crippen LogP contribution in [0.3, 0.4) is 0 Å². The topological polar surface area (TPSA) is 64.9 Å². The summed E-state index contributed by atoms with van der Waals surface area (Å²) >= 11 is 1.64. The SMILES string of the molecule is CC(C)c1ccsc1-c1nc(C2(N)CCC2)no1. The highest BCUT2D eigenvalue weighted by Crippen LogP contribution is 2.39. The Kier molecular flexibility index (Phi) is 2.75. The van der Waals surface area contributed by atoms with Crippen molar-refractivity contribution >= 4 is 11.3 Å². The van der Waals surface area contributed by atoms with E-state index < -0.39 is 0 Å². The first kappa shape index (κ1) is 11.9. The molecule has 2 aromatic heterocycles. The van der Waals surface area contributed by atoms with Crippen molar-refractivity contribution < 1.29 is 4.52 Å². The maximum absolute atomic E-state index is 6.21. The highest BCUT2D eigenvalue weighted by molar-refractivity contribution is 7.13. The van der Waals surface area contributed by atoms with E-state index >= 15 is 0 Å². The maximum atomic E-state index is 6.21. The maximum Gasteiger partial charge on any atom is 0.268 e. The fourth-order valence-electron chi connectivity index (χ4n) is 2.25. The molecular formula is C13H17N3OS. The molecule has 0 aliphatic heterocycles. The molecule has 0 saturated heterocycles. The van der Waals surface area contributed by atoms with E-state index in [1.54, 1.807) is 11.3 Å². The molecule has 0 amide bonds. The van der Waals surface area contributed by atoms with Gasteiger partial charge in [0, 0.05) is 0 Å². The second-order valence-electron chi connectivity index (χ2n) is 5.29. The van der Waals surface area contributed by atoms with Crippen LogP contribution in [0.15, 0.2) is 16.0 Å². The number of thiophene rings is 1. The van der Waals surface area contributed by atoms with Gasteiger partial charge < -0.3 is 10.3 Å². The first-order valence-corrected chi connectivity index (χ1v) is 7.19. The predicted molar refractivity (Wildman–Crippen MR) is 71.4 cm³/mol. The van der Waals surface area contributed by atoms with Crippen LogP contribution in [-0.2, 0) is 5.54 Å². The number of rotatable bonds is 3. The zero-order chi connectivity index (χ0) is 12.8. The van der Waals surface area contributed by atoms with Crippen molar-refractivity contribution in [2.24, 2.45) is 5.73 Å². The minimum absolute atomic E-state index is 0.350. The first-order valence-electron chi connectivity index (χ1n) is 6.31. The third-order valence-electron chi connectivity index (χ3n) is 3.63. The second-order valence-corrected chi connectivity index (χ2v) is 6.21. The molecule has 0 unspecified atom stereocenters. The summed E-state index contributed by atoms with van der Waals surface area (Å²) in [5.41, 5.74) is 7.12. The van der Waals surface area contributed by atoms with Crippen LogP contribution in [0.4, 0.5) is 0 Å². The van der Waals surface area contributed by atoms with E-state index in [1.165, 1.54) is 5.56 Å². The fraction of sp³-hybridized carbons (Fsp3) is 0.538. The summed E-state index contributed by atoms with van der Waals surface area (Å²) in [6.07, 6.45) is 3.05. The van der Waals surface area contributed by atoms with Gasteiger partial charge in [-0.05, 0) is 42.2 Å². The highest BCUT2D eigenvalue weighted by Gasteiger charge is 2.39. The molecule has 3 rings (SSSR count). The van der Waals surface area contributed by atoms with Gasteiger partial charge in [-0.25, -0.2) is 0 Å². The molecule has 4 nitrogen and oxygen atoms in total. The molecule has 2 aromatic rings. The van der Waals surface area contributed by atoms with Crippen molar-refractivity contribution in [3.8, 4) is 10.8 Å². The van der Waals surface area contributed by atoms with Crippen LogP contribution in [0.25, 0.3) is 10.8 Å². The average Bonchev–Trinajstić information content (AvgIpc) is 2.93. The Morgan fingerprint density at radius 2 is 2.22 bits per heavy atom. The molecule has 5 heteroatoms. The number of hydrogen-bond donors (Lipinski definition) is 1. The summed E-state index contributed by atoms with van der Waals surface area (Å²) < 4.78 is 5.39. The van der Waals surface area contributed by atoms with Gasteiger partial charge in [-0.3, -0.25) is 0 Å². The molecule has 2 heterocycles. The first-order chi connectivity index (χ1) is 8.60. The Balaban J connectivity index is 1.95. The summed E-state index contributed by atoms with van der Waals surface area (Å²) in [4.78, 5) is 5.57. The zero-order valence-electron chi connectivity index (χ0n) is 10.6. The van der Waals surface area contributed by atoms with Crippen LogP contribution >= 0.6 is 11.3 Å². The average molecular weight is 263 g/mol. The number of nitrogens with two attached hydrogens (primary N) is 1. The van der Waals surface area contributed by atoms with Crippen molar-refractivity contribution in [1.29, 1.82) is 0 Å². The van der Waals surface area contributed by atoms with Crippen LogP contribution < -0.4 is 5.73 Å². The van der Waals surface area contributed by atoms with Crippen LogP contribution in [0.1, 0.15) is 50.4 Å². The van der Waals surface area contributed by atoms with Gasteiger partial charge in [0.05, 0.1) is 10.4 Å². The standard InChI is InChI=1S/C13H17N3OS/c1-8(2)9-4-7-18-10(9)11-15-12(16-17-11)13(14)5-3-6-13/h4,7-8H,3,5-6,14H2,1-2H3. The second kappa shape index (κ2) is 4.17. The van der Waals surface area contributed by atoms with E-state index in [9.17, 15) is 0 Å². The van der Waals surface area contributed by atoms with E-state index in [0.29, 0.717) is 17.6 Å². The molecule has 1 fully saturated rings. The molecule has 0 radical (unpaired) electrons. The van der Waals surface area contributed by atoms with E-state index in [-0.39, 0.29) is 5.54 Å². The molecule has 1 saturated carbocycles. The van der Waals surface area contributed by atoms with E-state index in [0.717, 1.165) is 24.1 Å². The summed E-state index contributed by atoms with van der Waals surface area (Å²) in [5, 5.41) is 6.13. The van der Waals surface area contributed by atoms with Crippen LogP contribution in [0.5, 0.6) is 0 Å². The third-order valence-corrected chi connectivity index (χ3v) is 4.55. The summed E-state index contributed by atoms with van der Waals surface area (Å²) in [7, 11) is 0. The zero-order valence-corrected chi connectivity index (χ0v) is 11.5. The lowest BCUT2D eigenvalue weighted by Gasteiger charge is -2.34. The Hall–Kier alpha value is -1.20. The highest BCUT2D eigenvalue weighted by atomic mass is 32.1. The smallest absolute Gasteiger partial charge is 0.268 e. The van der Waals surface area contributed by atoms with E-state index in [1.807, 2.05) is 0 Å². The largest absolute Gasteiger partial charge is 0.333 e. The van der Waals surface area contributed by atoms with Gasteiger partial charge in [-0.1, -0.05) is 19.0 Å². The number of aromatic nitrogens is 2. The van der Waals surface area contributed by atoms with Crippen LogP contribution in [-0.4, -0.2) is 10.1 Å². The van der Waals surface area contributed by atoms with Gasteiger partial charge in [0.15, 0.2) is 5.82 Å². The summed E-state index contributed by atoms with van der Waals surface area (Å²) in [5.74, 6) is 1.73.